The van der Waals surface area contributed by atoms with Gasteiger partial charge in [0.05, 0.1) is 0 Å². The van der Waals surface area contributed by atoms with Gasteiger partial charge in [0, 0.05) is 9.52 Å². The van der Waals surface area contributed by atoms with Gasteiger partial charge in [0.25, 0.3) is 0 Å². The molecule has 1 N–H and O–H groups in total. The van der Waals surface area contributed by atoms with Crippen LogP contribution in [0.2, 0.25) is 13.1 Å². The Morgan fingerprint density at radius 1 is 1.05 bits per heavy atom. The van der Waals surface area contributed by atoms with Crippen molar-refractivity contribution < 1.29 is 21.7 Å². The van der Waals surface area contributed by atoms with Crippen LogP contribution in [0.3, 0.4) is 0 Å². The molecule has 0 bridgehead atoms. The van der Waals surface area contributed by atoms with E-state index in [4.69, 9.17) is 0 Å². The van der Waals surface area contributed by atoms with Crippen molar-refractivity contribution in [3.8, 4) is 0 Å². The Bertz CT molecular complexity index is 450. The largest absolute Gasteiger partial charge is 3.00 e. The van der Waals surface area contributed by atoms with E-state index in [0.29, 0.717) is 0 Å². The quantitative estimate of drug-likeness (QED) is 0.397. The minimum Gasteiger partial charge on any atom is -0.484 e. The van der Waals surface area contributed by atoms with Crippen LogP contribution < -0.4 is 0 Å². The number of benzene rings is 1. The first-order valence-corrected chi connectivity index (χ1v) is 7.57. The molecule has 0 spiro atoms. The van der Waals surface area contributed by atoms with Gasteiger partial charge in [-0.3, -0.25) is 0 Å². The molecule has 1 heterocycles. The normalized spacial score (nSPS) is 7.14. The third kappa shape index (κ3) is 13.0. The van der Waals surface area contributed by atoms with Crippen molar-refractivity contribution in [2.24, 2.45) is 0 Å². The Labute approximate surface area is 158 Å². The Balaban J connectivity index is -0.000000107. The summed E-state index contributed by atoms with van der Waals surface area (Å²) < 4.78 is 0. The molecule has 2 aromatic carbocycles. The number of hydrogen-bond donors (Lipinski definition) is 1. The van der Waals surface area contributed by atoms with Crippen molar-refractivity contribution in [1.82, 2.24) is 4.98 Å². The molecule has 0 fully saturated rings. The molecule has 5 heteroatoms. The summed E-state index contributed by atoms with van der Waals surface area (Å²) in [5.74, 6) is 0. The zero-order valence-corrected chi connectivity index (χ0v) is 16.8. The van der Waals surface area contributed by atoms with E-state index in [9.17, 15) is 0 Å². The summed E-state index contributed by atoms with van der Waals surface area (Å²) in [5.41, 5.74) is 0. The van der Waals surface area contributed by atoms with Crippen molar-refractivity contribution in [2.45, 2.75) is 13.1 Å². The first-order valence-electron chi connectivity index (χ1n) is 5.57. The molecule has 0 aliphatic heterocycles. The minimum absolute atomic E-state index is 0. The fourth-order valence-corrected chi connectivity index (χ4v) is 1.31. The monoisotopic (exact) mass is 374 g/mol. The van der Waals surface area contributed by atoms with Gasteiger partial charge in [0.15, 0.2) is 0 Å². The van der Waals surface area contributed by atoms with Crippen LogP contribution in [0.5, 0.6) is 0 Å². The van der Waals surface area contributed by atoms with E-state index in [1.165, 1.54) is 10.8 Å². The van der Waals surface area contributed by atoms with Gasteiger partial charge in [-0.1, -0.05) is 19.2 Å². The predicted molar refractivity (Wildman–Crippen MR) is 97.6 cm³/mol. The van der Waals surface area contributed by atoms with Crippen LogP contribution in [0.15, 0.2) is 60.8 Å². The number of nitrogens with one attached hydrogen (secondary N) is 1. The topological polar surface area (TPSA) is 15.8 Å². The van der Waals surface area contributed by atoms with Gasteiger partial charge in [-0.05, 0) is 0 Å². The first kappa shape index (κ1) is 28.7. The molecule has 3 rings (SSSR count). The molecule has 21 heavy (non-hydrogen) atoms. The molecule has 0 aliphatic carbocycles. The smallest absolute Gasteiger partial charge is 0.484 e. The molecule has 0 aliphatic rings. The van der Waals surface area contributed by atoms with Crippen molar-refractivity contribution in [3.05, 3.63) is 74.4 Å². The van der Waals surface area contributed by atoms with Crippen LogP contribution >= 0.6 is 24.8 Å². The molecule has 1 nitrogen and oxygen atoms in total. The summed E-state index contributed by atoms with van der Waals surface area (Å²) >= 11 is 0. The van der Waals surface area contributed by atoms with Crippen LogP contribution in [0.1, 0.15) is 0 Å². The number of aromatic amines is 1. The van der Waals surface area contributed by atoms with Crippen LogP contribution in [0.25, 0.3) is 10.8 Å². The number of rotatable bonds is 0. The average Bonchev–Trinajstić information content (AvgIpc) is 3.05. The SMILES string of the molecule is C[Si]C.Cl.Cl.[CH3-].[Ti+3].[c-]1ccc[nH]1.c1ccc2[cH-]ccc2c1. The van der Waals surface area contributed by atoms with Crippen molar-refractivity contribution >= 4 is 45.1 Å². The van der Waals surface area contributed by atoms with Crippen LogP contribution in [0.4, 0.5) is 0 Å². The van der Waals surface area contributed by atoms with Gasteiger partial charge in [-0.25, -0.2) is 0 Å². The van der Waals surface area contributed by atoms with Crippen LogP contribution in [-0.2, 0) is 21.7 Å². The molecule has 0 atom stereocenters. The number of fused-ring (bicyclic) bond motifs is 1. The van der Waals surface area contributed by atoms with Gasteiger partial charge < -0.3 is 12.4 Å². The molecule has 1 aromatic heterocycles. The predicted octanol–water partition coefficient (Wildman–Crippen LogP) is 5.45. The van der Waals surface area contributed by atoms with E-state index in [-0.39, 0.29) is 54.0 Å². The maximum atomic E-state index is 2.74. The van der Waals surface area contributed by atoms with E-state index in [1.807, 2.05) is 18.3 Å². The summed E-state index contributed by atoms with van der Waals surface area (Å²) in [4.78, 5) is 2.74. The third-order valence-electron chi connectivity index (χ3n) is 1.99. The standard InChI is InChI=1S/C9H7.C4H4N.C2H6Si.CH3.2ClH.Ti/c1-2-5-9-7-3-6-8(9)4-1;1-2-4-5-3-1;1-3-2;;;;/h1-7H;1-3,5H;1-2H3;1H3;2*1H;/q2*-1;;-1;;;+3. The average molecular weight is 375 g/mol. The second kappa shape index (κ2) is 19.6. The van der Waals surface area contributed by atoms with Gasteiger partial charge in [0.2, 0.25) is 0 Å². The van der Waals surface area contributed by atoms with Crippen molar-refractivity contribution in [3.63, 3.8) is 0 Å². The zero-order valence-electron chi connectivity index (χ0n) is 12.6. The van der Waals surface area contributed by atoms with Crippen molar-refractivity contribution in [1.29, 1.82) is 0 Å². The van der Waals surface area contributed by atoms with E-state index in [1.54, 1.807) is 0 Å². The van der Waals surface area contributed by atoms with E-state index in [0.717, 1.165) is 9.52 Å². The maximum Gasteiger partial charge on any atom is 3.00 e. The molecule has 3 aromatic rings. The fourth-order valence-electron chi connectivity index (χ4n) is 1.31. The molecule has 0 saturated carbocycles. The Hall–Kier alpha value is -0.379. The third-order valence-corrected chi connectivity index (χ3v) is 1.99. The fraction of sp³-hybridized carbons (Fsp3) is 0.125. The molecule has 3 radical (unpaired) electrons. The Kier molecular flexibility index (Phi) is 26.9. The van der Waals surface area contributed by atoms with Crippen molar-refractivity contribution in [2.75, 3.05) is 0 Å². The van der Waals surface area contributed by atoms with Gasteiger partial charge in [-0.15, -0.1) is 60.7 Å². The van der Waals surface area contributed by atoms with E-state index in [2.05, 4.69) is 66.7 Å². The van der Waals surface area contributed by atoms with Gasteiger partial charge in [-0.2, -0.15) is 35.8 Å². The molecule has 113 valence electrons. The molecular weight excluding hydrogens is 353 g/mol. The number of H-pyrrole nitrogens is 1. The Morgan fingerprint density at radius 3 is 2.10 bits per heavy atom. The summed E-state index contributed by atoms with van der Waals surface area (Å²) in [6, 6.07) is 18.4. The number of hydrogen-bond acceptors (Lipinski definition) is 0. The summed E-state index contributed by atoms with van der Waals surface area (Å²) in [6.45, 7) is 4.31. The maximum absolute atomic E-state index is 2.74. The second-order valence-corrected chi connectivity index (χ2v) is 4.47. The second-order valence-electron chi connectivity index (χ2n) is 3.47. The van der Waals surface area contributed by atoms with Gasteiger partial charge >= 0.3 is 21.7 Å². The zero-order chi connectivity index (χ0) is 12.3. The summed E-state index contributed by atoms with van der Waals surface area (Å²) in [6.07, 6.45) is 4.56. The Morgan fingerprint density at radius 2 is 1.67 bits per heavy atom. The summed E-state index contributed by atoms with van der Waals surface area (Å²) in [5, 5.41) is 2.66. The van der Waals surface area contributed by atoms with E-state index < -0.39 is 0 Å². The molecular formula is C16H22Cl2NSiTi. The first-order chi connectivity index (χ1) is 8.38. The number of halogens is 2. The molecule has 0 unspecified atom stereocenters. The van der Waals surface area contributed by atoms with Crippen LogP contribution in [-0.4, -0.2) is 14.5 Å². The summed E-state index contributed by atoms with van der Waals surface area (Å²) in [7, 11) is 1.08. The number of aromatic nitrogens is 1. The molecule has 0 amide bonds. The van der Waals surface area contributed by atoms with E-state index >= 15 is 0 Å². The molecule has 0 saturated heterocycles. The van der Waals surface area contributed by atoms with Gasteiger partial charge in [0.1, 0.15) is 0 Å². The van der Waals surface area contributed by atoms with Crippen LogP contribution in [0, 0.1) is 13.6 Å². The minimum atomic E-state index is 0.